The van der Waals surface area contributed by atoms with Crippen molar-refractivity contribution in [2.45, 2.75) is 4.90 Å². The quantitative estimate of drug-likeness (QED) is 0.676. The maximum Gasteiger partial charge on any atom is 0.247 e. The Kier molecular flexibility index (Phi) is 4.62. The lowest BCUT2D eigenvalue weighted by molar-refractivity contribution is 0.260. The third-order valence-corrected chi connectivity index (χ3v) is 3.94. The van der Waals surface area contributed by atoms with Crippen LogP contribution in [0.1, 0.15) is 0 Å². The van der Waals surface area contributed by atoms with Crippen molar-refractivity contribution in [2.24, 2.45) is 0 Å². The van der Waals surface area contributed by atoms with Gasteiger partial charge in [0, 0.05) is 25.4 Å². The summed E-state index contributed by atoms with van der Waals surface area (Å²) in [5.41, 5.74) is -0.374. The molecule has 1 aromatic rings. The van der Waals surface area contributed by atoms with Gasteiger partial charge in [0.1, 0.15) is 0 Å². The van der Waals surface area contributed by atoms with Crippen LogP contribution in [0.25, 0.3) is 0 Å². The molecule has 0 aliphatic heterocycles. The number of pyridine rings is 1. The predicted molar refractivity (Wildman–Crippen MR) is 63.1 cm³/mol. The third kappa shape index (κ3) is 3.26. The molecule has 1 heterocycles. The molecule has 17 heavy (non-hydrogen) atoms. The van der Waals surface area contributed by atoms with Gasteiger partial charge >= 0.3 is 0 Å². The number of aliphatic hydroxyl groups is 1. The summed E-state index contributed by atoms with van der Waals surface area (Å²) >= 11 is 0. The molecule has 0 unspecified atom stereocenters. The molecule has 2 N–H and O–H groups in total. The number of nitrogens with one attached hydrogen (secondary N) is 1. The molecule has 1 rings (SSSR count). The largest absolute Gasteiger partial charge is 0.395 e. The summed E-state index contributed by atoms with van der Waals surface area (Å²) in [6.07, 6.45) is 2.56. The topological polar surface area (TPSA) is 90.5 Å². The number of sulfonamides is 1. The maximum atomic E-state index is 12.1. The van der Waals surface area contributed by atoms with E-state index in [1.165, 1.54) is 12.1 Å². The van der Waals surface area contributed by atoms with Gasteiger partial charge in [-0.3, -0.25) is 4.79 Å². The van der Waals surface area contributed by atoms with Crippen LogP contribution in [0.2, 0.25) is 0 Å². The zero-order valence-electron chi connectivity index (χ0n) is 9.17. The lowest BCUT2D eigenvalue weighted by Crippen LogP contribution is -2.34. The Morgan fingerprint density at radius 2 is 2.18 bits per heavy atom. The Bertz CT molecular complexity index is 515. The van der Waals surface area contributed by atoms with Crippen molar-refractivity contribution in [3.63, 3.8) is 0 Å². The normalized spacial score (nSPS) is 11.6. The second-order valence-corrected chi connectivity index (χ2v) is 5.20. The molecule has 0 saturated carbocycles. The van der Waals surface area contributed by atoms with Crippen LogP contribution in [0, 0.1) is 0 Å². The molecule has 0 aromatic carbocycles. The van der Waals surface area contributed by atoms with Gasteiger partial charge in [0.25, 0.3) is 0 Å². The van der Waals surface area contributed by atoms with Crippen molar-refractivity contribution in [3.05, 3.63) is 41.3 Å². The second-order valence-electron chi connectivity index (χ2n) is 3.26. The van der Waals surface area contributed by atoms with E-state index in [0.29, 0.717) is 0 Å². The summed E-state index contributed by atoms with van der Waals surface area (Å²) in [4.78, 5) is 13.1. The van der Waals surface area contributed by atoms with Crippen molar-refractivity contribution >= 4 is 10.0 Å². The first kappa shape index (κ1) is 13.6. The maximum absolute atomic E-state index is 12.1. The van der Waals surface area contributed by atoms with Gasteiger partial charge in [-0.2, -0.15) is 4.31 Å². The van der Waals surface area contributed by atoms with Crippen LogP contribution in [-0.2, 0) is 10.0 Å². The lowest BCUT2D eigenvalue weighted by Gasteiger charge is -2.19. The van der Waals surface area contributed by atoms with Gasteiger partial charge in [-0.15, -0.1) is 6.58 Å². The minimum Gasteiger partial charge on any atom is -0.395 e. The highest BCUT2D eigenvalue weighted by atomic mass is 32.2. The number of aromatic nitrogens is 1. The number of aromatic amines is 1. The molecule has 0 saturated heterocycles. The summed E-state index contributed by atoms with van der Waals surface area (Å²) in [6.45, 7) is 3.26. The van der Waals surface area contributed by atoms with Crippen molar-refractivity contribution in [2.75, 3.05) is 19.7 Å². The number of nitrogens with zero attached hydrogens (tertiary/aromatic N) is 1. The van der Waals surface area contributed by atoms with Gasteiger partial charge in [0.2, 0.25) is 15.6 Å². The molecule has 7 heteroatoms. The molecule has 0 bridgehead atoms. The van der Waals surface area contributed by atoms with Gasteiger partial charge in [-0.25, -0.2) is 8.42 Å². The monoisotopic (exact) mass is 258 g/mol. The standard InChI is InChI=1S/C10H14N2O4S/c1-2-5-12(6-7-13)17(15,16)9-3-4-10(14)11-8-9/h2-4,8,13H,1,5-7H2,(H,11,14). The van der Waals surface area contributed by atoms with Crippen molar-refractivity contribution < 1.29 is 13.5 Å². The van der Waals surface area contributed by atoms with Crippen LogP contribution in [0.3, 0.4) is 0 Å². The Labute approximate surface area is 99.3 Å². The molecule has 94 valence electrons. The average Bonchev–Trinajstić information content (AvgIpc) is 2.29. The van der Waals surface area contributed by atoms with Crippen LogP contribution < -0.4 is 5.56 Å². The van der Waals surface area contributed by atoms with E-state index in [1.54, 1.807) is 0 Å². The number of rotatable bonds is 6. The van der Waals surface area contributed by atoms with E-state index in [9.17, 15) is 13.2 Å². The Balaban J connectivity index is 3.10. The molecule has 0 amide bonds. The molecular weight excluding hydrogens is 244 g/mol. The van der Waals surface area contributed by atoms with Crippen LogP contribution in [0.15, 0.2) is 40.7 Å². The molecule has 0 aliphatic rings. The Morgan fingerprint density at radius 1 is 1.47 bits per heavy atom. The fourth-order valence-corrected chi connectivity index (χ4v) is 2.64. The summed E-state index contributed by atoms with van der Waals surface area (Å²) < 4.78 is 25.2. The van der Waals surface area contributed by atoms with Crippen LogP contribution in [0.5, 0.6) is 0 Å². The number of H-pyrrole nitrogens is 1. The van der Waals surface area contributed by atoms with E-state index in [4.69, 9.17) is 5.11 Å². The lowest BCUT2D eigenvalue weighted by atomic mass is 10.5. The molecule has 0 spiro atoms. The summed E-state index contributed by atoms with van der Waals surface area (Å²) in [7, 11) is -3.71. The van der Waals surface area contributed by atoms with E-state index >= 15 is 0 Å². The van der Waals surface area contributed by atoms with E-state index in [0.717, 1.165) is 16.6 Å². The molecular formula is C10H14N2O4S. The van der Waals surface area contributed by atoms with E-state index < -0.39 is 10.0 Å². The van der Waals surface area contributed by atoms with Crippen LogP contribution >= 0.6 is 0 Å². The number of hydrogen-bond acceptors (Lipinski definition) is 4. The van der Waals surface area contributed by atoms with Gasteiger partial charge in [0.15, 0.2) is 0 Å². The van der Waals surface area contributed by atoms with Crippen LogP contribution in [0.4, 0.5) is 0 Å². The van der Waals surface area contributed by atoms with Gasteiger partial charge in [-0.05, 0) is 6.07 Å². The molecule has 0 fully saturated rings. The molecule has 0 atom stereocenters. The van der Waals surface area contributed by atoms with E-state index in [-0.39, 0.29) is 30.2 Å². The Hall–Kier alpha value is -1.44. The predicted octanol–water partition coefficient (Wildman–Crippen LogP) is -0.456. The van der Waals surface area contributed by atoms with Gasteiger partial charge in [0.05, 0.1) is 11.5 Å². The minimum absolute atomic E-state index is 0.0204. The number of aliphatic hydroxyl groups excluding tert-OH is 1. The van der Waals surface area contributed by atoms with Crippen LogP contribution in [-0.4, -0.2) is 42.5 Å². The number of hydrogen-bond donors (Lipinski definition) is 2. The summed E-state index contributed by atoms with van der Waals surface area (Å²) in [5, 5.41) is 8.82. The highest BCUT2D eigenvalue weighted by Crippen LogP contribution is 2.12. The van der Waals surface area contributed by atoms with E-state index in [2.05, 4.69) is 11.6 Å². The zero-order valence-corrected chi connectivity index (χ0v) is 9.98. The first-order valence-electron chi connectivity index (χ1n) is 4.93. The summed E-state index contributed by atoms with van der Waals surface area (Å²) in [6, 6.07) is 2.36. The van der Waals surface area contributed by atoms with E-state index in [1.807, 2.05) is 0 Å². The SMILES string of the molecule is C=CCN(CCO)S(=O)(=O)c1ccc(=O)[nH]c1. The zero-order chi connectivity index (χ0) is 12.9. The smallest absolute Gasteiger partial charge is 0.247 e. The molecule has 6 nitrogen and oxygen atoms in total. The van der Waals surface area contributed by atoms with Crippen molar-refractivity contribution in [1.29, 1.82) is 0 Å². The Morgan fingerprint density at radius 3 is 2.65 bits per heavy atom. The summed E-state index contributed by atoms with van der Waals surface area (Å²) in [5.74, 6) is 0. The first-order chi connectivity index (χ1) is 8.02. The van der Waals surface area contributed by atoms with Crippen molar-refractivity contribution in [1.82, 2.24) is 9.29 Å². The first-order valence-corrected chi connectivity index (χ1v) is 6.37. The highest BCUT2D eigenvalue weighted by Gasteiger charge is 2.22. The molecule has 1 aromatic heterocycles. The second kappa shape index (κ2) is 5.76. The fourth-order valence-electron chi connectivity index (χ4n) is 1.27. The average molecular weight is 258 g/mol. The minimum atomic E-state index is -3.71. The fraction of sp³-hybridized carbons (Fsp3) is 0.300. The molecule has 0 aliphatic carbocycles. The van der Waals surface area contributed by atoms with Gasteiger partial charge < -0.3 is 10.1 Å². The highest BCUT2D eigenvalue weighted by molar-refractivity contribution is 7.89. The third-order valence-electron chi connectivity index (χ3n) is 2.08. The van der Waals surface area contributed by atoms with Crippen molar-refractivity contribution in [3.8, 4) is 0 Å². The molecule has 0 radical (unpaired) electrons. The van der Waals surface area contributed by atoms with Gasteiger partial charge in [-0.1, -0.05) is 6.08 Å².